The summed E-state index contributed by atoms with van der Waals surface area (Å²) in [4.78, 5) is 0. The molecule has 0 spiro atoms. The van der Waals surface area contributed by atoms with Gasteiger partial charge in [0.25, 0.3) is 0 Å². The minimum atomic E-state index is 0.163. The molecule has 2 heterocycles. The second kappa shape index (κ2) is 7.38. The van der Waals surface area contributed by atoms with Crippen LogP contribution in [-0.2, 0) is 29.0 Å². The van der Waals surface area contributed by atoms with Gasteiger partial charge in [-0.3, -0.25) is 4.68 Å². The van der Waals surface area contributed by atoms with Gasteiger partial charge < -0.3 is 14.8 Å². The lowest BCUT2D eigenvalue weighted by Crippen LogP contribution is -2.41. The Morgan fingerprint density at radius 2 is 2.37 bits per heavy atom. The van der Waals surface area contributed by atoms with Gasteiger partial charge in [0.05, 0.1) is 41.8 Å². The zero-order chi connectivity index (χ0) is 13.7. The topological polar surface area (TPSA) is 48.3 Å². The third-order valence-corrected chi connectivity index (χ3v) is 4.16. The van der Waals surface area contributed by atoms with Crippen LogP contribution in [0.15, 0.2) is 4.47 Å². The number of ether oxygens (including phenoxy) is 2. The van der Waals surface area contributed by atoms with Crippen LogP contribution in [0.1, 0.15) is 25.2 Å². The Bertz CT molecular complexity index is 403. The molecule has 0 aromatic carbocycles. The highest BCUT2D eigenvalue weighted by molar-refractivity contribution is 9.10. The van der Waals surface area contributed by atoms with Gasteiger partial charge in [-0.25, -0.2) is 0 Å². The van der Waals surface area contributed by atoms with Crippen LogP contribution in [-0.4, -0.2) is 42.2 Å². The molecule has 1 unspecified atom stereocenters. The summed E-state index contributed by atoms with van der Waals surface area (Å²) in [6.45, 7) is 8.83. The molecule has 1 aromatic heterocycles. The molecular weight excluding hydrogens is 310 g/mol. The first kappa shape index (κ1) is 15.0. The van der Waals surface area contributed by atoms with E-state index in [0.717, 1.165) is 48.5 Å². The van der Waals surface area contributed by atoms with E-state index in [1.54, 1.807) is 0 Å². The summed E-state index contributed by atoms with van der Waals surface area (Å²) in [7, 11) is 0. The number of morpholine rings is 1. The van der Waals surface area contributed by atoms with Crippen molar-refractivity contribution >= 4 is 15.9 Å². The van der Waals surface area contributed by atoms with Crippen LogP contribution in [0.4, 0.5) is 0 Å². The fourth-order valence-corrected chi connectivity index (χ4v) is 2.85. The van der Waals surface area contributed by atoms with Crippen molar-refractivity contribution in [3.05, 3.63) is 15.9 Å². The Morgan fingerprint density at radius 3 is 3.00 bits per heavy atom. The minimum Gasteiger partial charge on any atom is -0.373 e. The van der Waals surface area contributed by atoms with Crippen molar-refractivity contribution in [1.82, 2.24) is 15.1 Å². The van der Waals surface area contributed by atoms with Gasteiger partial charge in [0, 0.05) is 19.6 Å². The number of rotatable bonds is 6. The molecule has 6 heteroatoms. The first-order valence-corrected chi connectivity index (χ1v) is 7.69. The van der Waals surface area contributed by atoms with Gasteiger partial charge in [0.15, 0.2) is 0 Å². The first-order chi connectivity index (χ1) is 9.26. The largest absolute Gasteiger partial charge is 0.373 e. The quantitative estimate of drug-likeness (QED) is 0.862. The normalized spacial score (nSPS) is 19.8. The van der Waals surface area contributed by atoms with Crippen LogP contribution >= 0.6 is 15.9 Å². The van der Waals surface area contributed by atoms with E-state index in [1.165, 1.54) is 0 Å². The predicted octanol–water partition coefficient (Wildman–Crippen LogP) is 1.73. The van der Waals surface area contributed by atoms with E-state index in [4.69, 9.17) is 9.47 Å². The van der Waals surface area contributed by atoms with Crippen molar-refractivity contribution in [2.75, 3.05) is 26.3 Å². The molecule has 19 heavy (non-hydrogen) atoms. The second-order valence-corrected chi connectivity index (χ2v) is 5.38. The van der Waals surface area contributed by atoms with Gasteiger partial charge in [-0.15, -0.1) is 0 Å². The van der Waals surface area contributed by atoms with Crippen LogP contribution in [0.5, 0.6) is 0 Å². The predicted molar refractivity (Wildman–Crippen MR) is 77.2 cm³/mol. The molecule has 0 saturated carbocycles. The van der Waals surface area contributed by atoms with E-state index in [0.29, 0.717) is 13.2 Å². The van der Waals surface area contributed by atoms with Gasteiger partial charge in [-0.1, -0.05) is 6.92 Å². The lowest BCUT2D eigenvalue weighted by atomic mass is 10.3. The molecule has 0 bridgehead atoms. The van der Waals surface area contributed by atoms with Crippen molar-refractivity contribution in [1.29, 1.82) is 0 Å². The van der Waals surface area contributed by atoms with Crippen molar-refractivity contribution in [3.8, 4) is 0 Å². The maximum absolute atomic E-state index is 5.78. The van der Waals surface area contributed by atoms with E-state index in [1.807, 2.05) is 4.68 Å². The highest BCUT2D eigenvalue weighted by Crippen LogP contribution is 2.23. The molecule has 1 aliphatic heterocycles. The maximum atomic E-state index is 5.78. The molecule has 0 radical (unpaired) electrons. The summed E-state index contributed by atoms with van der Waals surface area (Å²) in [5.41, 5.74) is 2.21. The van der Waals surface area contributed by atoms with Crippen LogP contribution in [0.3, 0.4) is 0 Å². The third kappa shape index (κ3) is 3.78. The fourth-order valence-electron chi connectivity index (χ4n) is 2.17. The zero-order valence-electron chi connectivity index (χ0n) is 11.6. The third-order valence-electron chi connectivity index (χ3n) is 3.24. The van der Waals surface area contributed by atoms with Gasteiger partial charge in [0.1, 0.15) is 0 Å². The molecule has 1 fully saturated rings. The summed E-state index contributed by atoms with van der Waals surface area (Å²) >= 11 is 3.62. The zero-order valence-corrected chi connectivity index (χ0v) is 13.2. The maximum Gasteiger partial charge on any atom is 0.0933 e. The number of hydrogen-bond donors (Lipinski definition) is 1. The Labute approximate surface area is 122 Å². The summed E-state index contributed by atoms with van der Waals surface area (Å²) < 4.78 is 14.5. The highest BCUT2D eigenvalue weighted by Gasteiger charge is 2.16. The molecular formula is C13H22BrN3O2. The molecule has 1 atom stereocenters. The Hall–Kier alpha value is -0.430. The fraction of sp³-hybridized carbons (Fsp3) is 0.769. The summed E-state index contributed by atoms with van der Waals surface area (Å²) in [5, 5.41) is 7.86. The van der Waals surface area contributed by atoms with Crippen LogP contribution in [0, 0.1) is 0 Å². The summed E-state index contributed by atoms with van der Waals surface area (Å²) in [5.74, 6) is 0. The van der Waals surface area contributed by atoms with E-state index >= 15 is 0 Å². The van der Waals surface area contributed by atoms with Gasteiger partial charge in [-0.05, 0) is 29.3 Å². The van der Waals surface area contributed by atoms with Crippen molar-refractivity contribution < 1.29 is 9.47 Å². The van der Waals surface area contributed by atoms with Crippen molar-refractivity contribution in [2.24, 2.45) is 0 Å². The number of hydrogen-bond acceptors (Lipinski definition) is 4. The molecule has 0 amide bonds. The molecule has 1 N–H and O–H groups in total. The summed E-state index contributed by atoms with van der Waals surface area (Å²) in [6, 6.07) is 0. The van der Waals surface area contributed by atoms with Gasteiger partial charge in [0.2, 0.25) is 0 Å². The smallest absolute Gasteiger partial charge is 0.0933 e. The molecule has 1 aromatic rings. The lowest BCUT2D eigenvalue weighted by molar-refractivity contribution is -0.0369. The number of aryl methyl sites for hydroxylation is 2. The van der Waals surface area contributed by atoms with Gasteiger partial charge >= 0.3 is 0 Å². The molecule has 1 aliphatic rings. The minimum absolute atomic E-state index is 0.163. The SMILES string of the molecule is CCc1nn(CC)c(COCC2CNCCO2)c1Br. The van der Waals surface area contributed by atoms with E-state index < -0.39 is 0 Å². The second-order valence-electron chi connectivity index (χ2n) is 4.59. The number of nitrogens with one attached hydrogen (secondary N) is 1. The Kier molecular flexibility index (Phi) is 5.81. The molecule has 0 aliphatic carbocycles. The lowest BCUT2D eigenvalue weighted by Gasteiger charge is -2.23. The van der Waals surface area contributed by atoms with Gasteiger partial charge in [-0.2, -0.15) is 5.10 Å². The average molecular weight is 332 g/mol. The number of nitrogens with zero attached hydrogens (tertiary/aromatic N) is 2. The molecule has 5 nitrogen and oxygen atoms in total. The van der Waals surface area contributed by atoms with Crippen LogP contribution in [0.25, 0.3) is 0 Å². The molecule has 1 saturated heterocycles. The van der Waals surface area contributed by atoms with Crippen LogP contribution in [0.2, 0.25) is 0 Å². The average Bonchev–Trinajstić information content (AvgIpc) is 2.76. The van der Waals surface area contributed by atoms with Crippen LogP contribution < -0.4 is 5.32 Å². The Morgan fingerprint density at radius 1 is 1.53 bits per heavy atom. The Balaban J connectivity index is 1.89. The summed E-state index contributed by atoms with van der Waals surface area (Å²) in [6.07, 6.45) is 1.09. The van der Waals surface area contributed by atoms with E-state index in [9.17, 15) is 0 Å². The standard InChI is InChI=1S/C13H22BrN3O2/c1-3-11-13(14)12(17(4-2)16-11)9-18-8-10-7-15-5-6-19-10/h10,15H,3-9H2,1-2H3. The van der Waals surface area contributed by atoms with E-state index in [2.05, 4.69) is 40.2 Å². The molecule has 2 rings (SSSR count). The van der Waals surface area contributed by atoms with E-state index in [-0.39, 0.29) is 6.10 Å². The number of aromatic nitrogens is 2. The highest BCUT2D eigenvalue weighted by atomic mass is 79.9. The monoisotopic (exact) mass is 331 g/mol. The van der Waals surface area contributed by atoms with Crippen molar-refractivity contribution in [3.63, 3.8) is 0 Å². The number of halogens is 1. The molecule has 108 valence electrons. The first-order valence-electron chi connectivity index (χ1n) is 6.90. The van der Waals surface area contributed by atoms with Crippen molar-refractivity contribution in [2.45, 2.75) is 39.5 Å².